The third-order valence-corrected chi connectivity index (χ3v) is 3.83. The summed E-state index contributed by atoms with van der Waals surface area (Å²) >= 11 is 0. The van der Waals surface area contributed by atoms with Crippen LogP contribution in [0.4, 0.5) is 16.3 Å². The monoisotopic (exact) mass is 310 g/mol. The van der Waals surface area contributed by atoms with Crippen molar-refractivity contribution in [3.8, 4) is 0 Å². The van der Waals surface area contributed by atoms with Crippen LogP contribution < -0.4 is 16.0 Å². The molecule has 1 aliphatic rings. The molecule has 1 atom stereocenters. The highest BCUT2D eigenvalue weighted by Crippen LogP contribution is 2.21. The van der Waals surface area contributed by atoms with Gasteiger partial charge >= 0.3 is 6.03 Å². The van der Waals surface area contributed by atoms with Crippen molar-refractivity contribution in [1.82, 2.24) is 10.3 Å². The van der Waals surface area contributed by atoms with Crippen LogP contribution in [0.2, 0.25) is 0 Å². The molecule has 1 saturated carbocycles. The molecule has 2 amide bonds. The van der Waals surface area contributed by atoms with Crippen LogP contribution in [0.5, 0.6) is 0 Å². The number of pyridine rings is 1. The first-order chi connectivity index (χ1) is 11.1. The van der Waals surface area contributed by atoms with Crippen LogP contribution >= 0.6 is 0 Å². The van der Waals surface area contributed by atoms with Crippen molar-refractivity contribution in [2.24, 2.45) is 0 Å². The van der Waals surface area contributed by atoms with E-state index in [1.807, 2.05) is 49.4 Å². The number of anilines is 2. The van der Waals surface area contributed by atoms with E-state index in [0.717, 1.165) is 35.6 Å². The van der Waals surface area contributed by atoms with E-state index in [0.29, 0.717) is 6.04 Å². The number of carbonyl (C=O) groups excluding carboxylic acids is 1. The van der Waals surface area contributed by atoms with Crippen LogP contribution in [0.1, 0.15) is 37.1 Å². The molecule has 1 heterocycles. The fraction of sp³-hybridized carbons (Fsp3) is 0.333. The van der Waals surface area contributed by atoms with Crippen LogP contribution in [0.15, 0.2) is 42.5 Å². The summed E-state index contributed by atoms with van der Waals surface area (Å²) in [6, 6.07) is 14.2. The minimum absolute atomic E-state index is 0.129. The molecule has 0 unspecified atom stereocenters. The van der Waals surface area contributed by atoms with Crippen LogP contribution in [0.3, 0.4) is 0 Å². The highest BCUT2D eigenvalue weighted by atomic mass is 16.2. The number of urea groups is 1. The molecule has 0 radical (unpaired) electrons. The Labute approximate surface area is 136 Å². The molecule has 1 aliphatic carbocycles. The predicted molar refractivity (Wildman–Crippen MR) is 92.6 cm³/mol. The maximum atomic E-state index is 11.7. The van der Waals surface area contributed by atoms with E-state index in [1.54, 1.807) is 0 Å². The van der Waals surface area contributed by atoms with E-state index >= 15 is 0 Å². The maximum absolute atomic E-state index is 11.7. The van der Waals surface area contributed by atoms with Crippen molar-refractivity contribution in [3.05, 3.63) is 53.7 Å². The summed E-state index contributed by atoms with van der Waals surface area (Å²) in [6.45, 7) is 4.06. The van der Waals surface area contributed by atoms with Crippen molar-refractivity contribution < 1.29 is 4.79 Å². The molecule has 0 aliphatic heterocycles. The van der Waals surface area contributed by atoms with E-state index in [9.17, 15) is 4.79 Å². The van der Waals surface area contributed by atoms with Gasteiger partial charge in [0.2, 0.25) is 0 Å². The molecule has 5 nitrogen and oxygen atoms in total. The van der Waals surface area contributed by atoms with Gasteiger partial charge in [0, 0.05) is 23.5 Å². The lowest BCUT2D eigenvalue weighted by Gasteiger charge is -2.16. The second kappa shape index (κ2) is 6.69. The van der Waals surface area contributed by atoms with E-state index in [2.05, 4.69) is 27.9 Å². The number of benzene rings is 1. The summed E-state index contributed by atoms with van der Waals surface area (Å²) in [4.78, 5) is 16.2. The smallest absolute Gasteiger partial charge is 0.319 e. The van der Waals surface area contributed by atoms with Gasteiger partial charge < -0.3 is 16.0 Å². The summed E-state index contributed by atoms with van der Waals surface area (Å²) in [6.07, 6.45) is 2.17. The Kier molecular flexibility index (Phi) is 4.46. The van der Waals surface area contributed by atoms with Crippen molar-refractivity contribution in [3.63, 3.8) is 0 Å². The zero-order valence-corrected chi connectivity index (χ0v) is 13.5. The highest BCUT2D eigenvalue weighted by Gasteiger charge is 2.23. The van der Waals surface area contributed by atoms with Gasteiger partial charge in [0.15, 0.2) is 0 Å². The van der Waals surface area contributed by atoms with Gasteiger partial charge in [-0.3, -0.25) is 0 Å². The number of carbonyl (C=O) groups is 1. The minimum atomic E-state index is -0.129. The lowest BCUT2D eigenvalue weighted by molar-refractivity contribution is 0.251. The van der Waals surface area contributed by atoms with Crippen LogP contribution in [0, 0.1) is 6.92 Å². The molecule has 0 bridgehead atoms. The average molecular weight is 310 g/mol. The van der Waals surface area contributed by atoms with Crippen molar-refractivity contribution in [1.29, 1.82) is 0 Å². The lowest BCUT2D eigenvalue weighted by Crippen LogP contribution is -2.30. The van der Waals surface area contributed by atoms with Gasteiger partial charge in [-0.1, -0.05) is 18.2 Å². The molecule has 0 saturated heterocycles. The van der Waals surface area contributed by atoms with Crippen molar-refractivity contribution >= 4 is 17.5 Å². The van der Waals surface area contributed by atoms with Crippen LogP contribution in [0.25, 0.3) is 0 Å². The molecular formula is C18H22N4O. The summed E-state index contributed by atoms with van der Waals surface area (Å²) in [5.41, 5.74) is 2.93. The zero-order chi connectivity index (χ0) is 16.2. The number of amides is 2. The van der Waals surface area contributed by atoms with E-state index in [-0.39, 0.29) is 12.1 Å². The van der Waals surface area contributed by atoms with Gasteiger partial charge in [-0.25, -0.2) is 9.78 Å². The van der Waals surface area contributed by atoms with Gasteiger partial charge in [0.25, 0.3) is 0 Å². The third-order valence-electron chi connectivity index (χ3n) is 3.83. The van der Waals surface area contributed by atoms with Crippen LogP contribution in [-0.4, -0.2) is 17.1 Å². The number of nitrogens with one attached hydrogen (secondary N) is 3. The number of hydrogen-bond acceptors (Lipinski definition) is 3. The fourth-order valence-electron chi connectivity index (χ4n) is 2.36. The largest absolute Gasteiger partial charge is 0.364 e. The van der Waals surface area contributed by atoms with Gasteiger partial charge in [-0.05, 0) is 56.5 Å². The second-order valence-electron chi connectivity index (χ2n) is 6.02. The van der Waals surface area contributed by atoms with Gasteiger partial charge in [0.1, 0.15) is 5.82 Å². The average Bonchev–Trinajstić information content (AvgIpc) is 3.31. The number of aromatic nitrogens is 1. The second-order valence-corrected chi connectivity index (χ2v) is 6.02. The molecule has 0 spiro atoms. The first kappa shape index (κ1) is 15.3. The zero-order valence-electron chi connectivity index (χ0n) is 13.5. The summed E-state index contributed by atoms with van der Waals surface area (Å²) in [5.74, 6) is 0.864. The first-order valence-corrected chi connectivity index (χ1v) is 7.98. The third kappa shape index (κ3) is 4.45. The van der Waals surface area contributed by atoms with Gasteiger partial charge in [0.05, 0.1) is 0 Å². The molecule has 1 aromatic heterocycles. The van der Waals surface area contributed by atoms with Gasteiger partial charge in [-0.2, -0.15) is 0 Å². The van der Waals surface area contributed by atoms with Gasteiger partial charge in [-0.15, -0.1) is 0 Å². The molecule has 3 rings (SSSR count). The molecule has 1 fully saturated rings. The summed E-state index contributed by atoms with van der Waals surface area (Å²) < 4.78 is 0. The molecule has 5 heteroatoms. The summed E-state index contributed by atoms with van der Waals surface area (Å²) in [7, 11) is 0. The van der Waals surface area contributed by atoms with E-state index < -0.39 is 0 Å². The molecule has 3 N–H and O–H groups in total. The molecule has 23 heavy (non-hydrogen) atoms. The topological polar surface area (TPSA) is 66.0 Å². The molecule has 1 aromatic carbocycles. The minimum Gasteiger partial charge on any atom is -0.364 e. The Bertz CT molecular complexity index is 680. The molecule has 2 aromatic rings. The lowest BCUT2D eigenvalue weighted by atomic mass is 10.1. The molecular weight excluding hydrogens is 288 g/mol. The van der Waals surface area contributed by atoms with Crippen LogP contribution in [-0.2, 0) is 0 Å². The molecule has 120 valence electrons. The Balaban J connectivity index is 1.58. The Morgan fingerprint density at radius 1 is 1.17 bits per heavy atom. The summed E-state index contributed by atoms with van der Waals surface area (Å²) in [5, 5.41) is 9.14. The number of aryl methyl sites for hydroxylation is 1. The van der Waals surface area contributed by atoms with E-state index in [4.69, 9.17) is 0 Å². The van der Waals surface area contributed by atoms with E-state index in [1.165, 1.54) is 0 Å². The Morgan fingerprint density at radius 3 is 2.57 bits per heavy atom. The quantitative estimate of drug-likeness (QED) is 0.786. The Hall–Kier alpha value is -2.56. The normalized spacial score (nSPS) is 14.9. The Morgan fingerprint density at radius 2 is 1.91 bits per heavy atom. The first-order valence-electron chi connectivity index (χ1n) is 7.98. The SMILES string of the molecule is Cc1cccc(N[C@H](C)c2ccc(NC(=O)NC3CC3)cc2)n1. The van der Waals surface area contributed by atoms with Crippen molar-refractivity contribution in [2.75, 3.05) is 10.6 Å². The maximum Gasteiger partial charge on any atom is 0.319 e. The predicted octanol–water partition coefficient (Wildman–Crippen LogP) is 3.85. The number of nitrogens with zero attached hydrogens (tertiary/aromatic N) is 1. The highest BCUT2D eigenvalue weighted by molar-refractivity contribution is 5.89. The number of hydrogen-bond donors (Lipinski definition) is 3. The van der Waals surface area contributed by atoms with Crippen molar-refractivity contribution in [2.45, 2.75) is 38.8 Å². The standard InChI is InChI=1S/C18H22N4O/c1-12-4-3-5-17(19-12)20-13(2)14-6-8-15(9-7-14)21-18(23)22-16-10-11-16/h3-9,13,16H,10-11H2,1-2H3,(H,19,20)(H2,21,22,23)/t13-/m1/s1. The number of rotatable bonds is 5. The fourth-order valence-corrected chi connectivity index (χ4v) is 2.36.